The van der Waals surface area contributed by atoms with Crippen LogP contribution < -0.4 is 14.8 Å². The van der Waals surface area contributed by atoms with Gasteiger partial charge in [0.05, 0.1) is 5.75 Å². The van der Waals surface area contributed by atoms with Gasteiger partial charge in [-0.05, 0) is 18.6 Å². The average molecular weight is 297 g/mol. The maximum absolute atomic E-state index is 11.8. The van der Waals surface area contributed by atoms with E-state index in [4.69, 9.17) is 14.6 Å². The Balaban J connectivity index is 1.87. The Hall–Kier alpha value is -1.89. The summed E-state index contributed by atoms with van der Waals surface area (Å²) in [5.74, 6) is 0.197. The smallest absolute Gasteiger partial charge is 0.316 e. The second kappa shape index (κ2) is 6.51. The van der Waals surface area contributed by atoms with Gasteiger partial charge in [0.2, 0.25) is 12.7 Å². The number of carboxylic acid groups (broad SMARTS) is 1. The predicted octanol–water partition coefficient (Wildman–Crippen LogP) is 1.95. The topological polar surface area (TPSA) is 84.9 Å². The summed E-state index contributed by atoms with van der Waals surface area (Å²) in [6, 6.07) is 5.11. The van der Waals surface area contributed by atoms with E-state index in [2.05, 4.69) is 5.32 Å². The third-order valence-electron chi connectivity index (χ3n) is 2.72. The van der Waals surface area contributed by atoms with Crippen molar-refractivity contribution < 1.29 is 24.2 Å². The van der Waals surface area contributed by atoms with Gasteiger partial charge in [0.15, 0.2) is 11.5 Å². The normalized spacial score (nSPS) is 13.8. The van der Waals surface area contributed by atoms with Crippen molar-refractivity contribution in [2.75, 3.05) is 17.9 Å². The Morgan fingerprint density at radius 3 is 2.85 bits per heavy atom. The fourth-order valence-electron chi connectivity index (χ4n) is 1.71. The zero-order chi connectivity index (χ0) is 14.5. The SMILES string of the molecule is CCC(SCC(=O)Nc1ccc2c(c1)OCO2)C(=O)O. The first-order valence-corrected chi connectivity index (χ1v) is 7.19. The van der Waals surface area contributed by atoms with Crippen LogP contribution in [0.4, 0.5) is 5.69 Å². The number of hydrogen-bond donors (Lipinski definition) is 2. The molecule has 6 nitrogen and oxygen atoms in total. The molecule has 0 bridgehead atoms. The number of aliphatic carboxylic acids is 1. The fraction of sp³-hybridized carbons (Fsp3) is 0.385. The van der Waals surface area contributed by atoms with Crippen LogP contribution >= 0.6 is 11.8 Å². The van der Waals surface area contributed by atoms with Crippen LogP contribution in [0.2, 0.25) is 0 Å². The predicted molar refractivity (Wildman–Crippen MR) is 75.4 cm³/mol. The fourth-order valence-corrected chi connectivity index (χ4v) is 2.51. The minimum Gasteiger partial charge on any atom is -0.480 e. The monoisotopic (exact) mass is 297 g/mol. The van der Waals surface area contributed by atoms with Gasteiger partial charge in [-0.15, -0.1) is 11.8 Å². The van der Waals surface area contributed by atoms with Gasteiger partial charge < -0.3 is 19.9 Å². The van der Waals surface area contributed by atoms with Gasteiger partial charge in [-0.25, -0.2) is 0 Å². The summed E-state index contributed by atoms with van der Waals surface area (Å²) in [5, 5.41) is 11.0. The number of hydrogen-bond acceptors (Lipinski definition) is 5. The molecule has 1 aliphatic rings. The Kier molecular flexibility index (Phi) is 4.73. The summed E-state index contributed by atoms with van der Waals surface area (Å²) >= 11 is 1.11. The van der Waals surface area contributed by atoms with Crippen LogP contribution in [0, 0.1) is 0 Å². The number of amides is 1. The standard InChI is InChI=1S/C13H15NO5S/c1-2-11(13(16)17)20-6-12(15)14-8-3-4-9-10(5-8)19-7-18-9/h3-5,11H,2,6-7H2,1H3,(H,14,15)(H,16,17). The molecule has 1 unspecified atom stereocenters. The molecule has 20 heavy (non-hydrogen) atoms. The van der Waals surface area contributed by atoms with E-state index < -0.39 is 11.2 Å². The molecule has 2 N–H and O–H groups in total. The number of anilines is 1. The molecule has 108 valence electrons. The molecule has 1 amide bonds. The molecule has 0 spiro atoms. The second-order valence-electron chi connectivity index (χ2n) is 4.16. The molecule has 0 aromatic heterocycles. The number of carboxylic acids is 1. The first-order chi connectivity index (χ1) is 9.60. The lowest BCUT2D eigenvalue weighted by atomic mass is 10.3. The molecule has 1 aromatic carbocycles. The van der Waals surface area contributed by atoms with Crippen LogP contribution in [0.25, 0.3) is 0 Å². The van der Waals surface area contributed by atoms with Crippen molar-refractivity contribution in [1.29, 1.82) is 0 Å². The van der Waals surface area contributed by atoms with E-state index >= 15 is 0 Å². The van der Waals surface area contributed by atoms with Crippen LogP contribution in [0.1, 0.15) is 13.3 Å². The molecule has 0 aliphatic carbocycles. The minimum atomic E-state index is -0.895. The van der Waals surface area contributed by atoms with Gasteiger partial charge in [0.1, 0.15) is 5.25 Å². The molecular formula is C13H15NO5S. The molecule has 1 heterocycles. The molecule has 7 heteroatoms. The van der Waals surface area contributed by atoms with Gasteiger partial charge in [0, 0.05) is 11.8 Å². The van der Waals surface area contributed by atoms with Crippen molar-refractivity contribution >= 4 is 29.3 Å². The van der Waals surface area contributed by atoms with Crippen LogP contribution in [-0.2, 0) is 9.59 Å². The molecule has 1 aliphatic heterocycles. The molecule has 0 radical (unpaired) electrons. The highest BCUT2D eigenvalue weighted by molar-refractivity contribution is 8.01. The number of nitrogens with one attached hydrogen (secondary N) is 1. The molecule has 2 rings (SSSR count). The molecule has 0 saturated carbocycles. The van der Waals surface area contributed by atoms with E-state index in [1.54, 1.807) is 25.1 Å². The van der Waals surface area contributed by atoms with Gasteiger partial charge in [-0.2, -0.15) is 0 Å². The molecule has 0 saturated heterocycles. The van der Waals surface area contributed by atoms with Crippen molar-refractivity contribution in [2.45, 2.75) is 18.6 Å². The average Bonchev–Trinajstić information content (AvgIpc) is 2.86. The number of rotatable bonds is 6. The molecule has 1 aromatic rings. The van der Waals surface area contributed by atoms with Crippen molar-refractivity contribution in [2.24, 2.45) is 0 Å². The van der Waals surface area contributed by atoms with Crippen LogP contribution in [0.3, 0.4) is 0 Å². The Morgan fingerprint density at radius 1 is 1.40 bits per heavy atom. The summed E-state index contributed by atoms with van der Waals surface area (Å²) in [5.41, 5.74) is 0.600. The lowest BCUT2D eigenvalue weighted by Crippen LogP contribution is -2.20. The van der Waals surface area contributed by atoms with E-state index in [-0.39, 0.29) is 18.5 Å². The maximum Gasteiger partial charge on any atom is 0.316 e. The molecular weight excluding hydrogens is 282 g/mol. The second-order valence-corrected chi connectivity index (χ2v) is 5.35. The lowest BCUT2D eigenvalue weighted by Gasteiger charge is -2.10. The number of thioether (sulfide) groups is 1. The quantitative estimate of drug-likeness (QED) is 0.835. The van der Waals surface area contributed by atoms with Crippen LogP contribution in [0.5, 0.6) is 11.5 Å². The zero-order valence-corrected chi connectivity index (χ0v) is 11.7. The Bertz CT molecular complexity index is 519. The number of fused-ring (bicyclic) bond motifs is 1. The number of carbonyl (C=O) groups is 2. The number of benzene rings is 1. The maximum atomic E-state index is 11.8. The first kappa shape index (κ1) is 14.5. The lowest BCUT2D eigenvalue weighted by molar-refractivity contribution is -0.136. The third kappa shape index (κ3) is 3.57. The highest BCUT2D eigenvalue weighted by atomic mass is 32.2. The van der Waals surface area contributed by atoms with Crippen molar-refractivity contribution in [3.8, 4) is 11.5 Å². The minimum absolute atomic E-state index is 0.0965. The van der Waals surface area contributed by atoms with Crippen molar-refractivity contribution in [1.82, 2.24) is 0 Å². The summed E-state index contributed by atoms with van der Waals surface area (Å²) in [7, 11) is 0. The summed E-state index contributed by atoms with van der Waals surface area (Å²) < 4.78 is 10.4. The molecule has 1 atom stereocenters. The van der Waals surface area contributed by atoms with Crippen LogP contribution in [-0.4, -0.2) is 34.8 Å². The van der Waals surface area contributed by atoms with Gasteiger partial charge in [-0.3, -0.25) is 9.59 Å². The third-order valence-corrected chi connectivity index (χ3v) is 4.08. The first-order valence-electron chi connectivity index (χ1n) is 6.14. The Morgan fingerprint density at radius 2 is 2.15 bits per heavy atom. The zero-order valence-electron chi connectivity index (χ0n) is 10.9. The summed E-state index contributed by atoms with van der Waals surface area (Å²) in [6.07, 6.45) is 0.483. The largest absolute Gasteiger partial charge is 0.480 e. The van der Waals surface area contributed by atoms with Crippen molar-refractivity contribution in [3.63, 3.8) is 0 Å². The van der Waals surface area contributed by atoms with E-state index in [0.29, 0.717) is 23.6 Å². The van der Waals surface area contributed by atoms with Crippen LogP contribution in [0.15, 0.2) is 18.2 Å². The highest BCUT2D eigenvalue weighted by Crippen LogP contribution is 2.34. The van der Waals surface area contributed by atoms with E-state index in [1.165, 1.54) is 0 Å². The summed E-state index contributed by atoms with van der Waals surface area (Å²) in [4.78, 5) is 22.6. The van der Waals surface area contributed by atoms with Gasteiger partial charge in [-0.1, -0.05) is 6.92 Å². The summed E-state index contributed by atoms with van der Waals surface area (Å²) in [6.45, 7) is 1.96. The van der Waals surface area contributed by atoms with E-state index in [9.17, 15) is 9.59 Å². The van der Waals surface area contributed by atoms with E-state index in [1.807, 2.05) is 0 Å². The highest BCUT2D eigenvalue weighted by Gasteiger charge is 2.18. The van der Waals surface area contributed by atoms with Gasteiger partial charge >= 0.3 is 5.97 Å². The number of ether oxygens (including phenoxy) is 2. The van der Waals surface area contributed by atoms with Crippen molar-refractivity contribution in [3.05, 3.63) is 18.2 Å². The molecule has 0 fully saturated rings. The van der Waals surface area contributed by atoms with E-state index in [0.717, 1.165) is 11.8 Å². The van der Waals surface area contributed by atoms with Gasteiger partial charge in [0.25, 0.3) is 0 Å². The number of carbonyl (C=O) groups excluding carboxylic acids is 1. The Labute approximate surface area is 120 Å².